The van der Waals surface area contributed by atoms with E-state index < -0.39 is 6.04 Å². The minimum absolute atomic E-state index is 0.101. The molecule has 4 rings (SSSR count). The van der Waals surface area contributed by atoms with Gasteiger partial charge in [-0.05, 0) is 31.2 Å². The second-order valence-electron chi connectivity index (χ2n) is 6.80. The maximum atomic E-state index is 12.8. The van der Waals surface area contributed by atoms with E-state index >= 15 is 0 Å². The molecule has 1 saturated carbocycles. The molecular formula is C16H22N4O3. The topological polar surface area (TPSA) is 67.7 Å². The first-order valence-corrected chi connectivity index (χ1v) is 8.40. The minimum Gasteiger partial charge on any atom is -0.334 e. The van der Waals surface area contributed by atoms with Gasteiger partial charge in [0.25, 0.3) is 5.91 Å². The number of fused-ring (bicyclic) bond motifs is 1. The van der Waals surface area contributed by atoms with E-state index in [1.165, 1.54) is 5.06 Å². The van der Waals surface area contributed by atoms with Gasteiger partial charge in [-0.3, -0.25) is 19.1 Å². The van der Waals surface area contributed by atoms with E-state index in [9.17, 15) is 9.59 Å². The van der Waals surface area contributed by atoms with Crippen molar-refractivity contribution in [1.82, 2.24) is 19.7 Å². The Morgan fingerprint density at radius 3 is 2.83 bits per heavy atom. The van der Waals surface area contributed by atoms with Gasteiger partial charge in [0.15, 0.2) is 6.04 Å². The summed E-state index contributed by atoms with van der Waals surface area (Å²) in [7, 11) is 0. The molecule has 0 aromatic carbocycles. The zero-order chi connectivity index (χ0) is 16.0. The van der Waals surface area contributed by atoms with Crippen LogP contribution in [-0.4, -0.2) is 51.3 Å². The molecule has 0 spiro atoms. The van der Waals surface area contributed by atoms with Gasteiger partial charge in [-0.1, -0.05) is 6.92 Å². The smallest absolute Gasteiger partial charge is 0.272 e. The number of carbonyl (C=O) groups excluding carboxylic acids is 2. The molecule has 0 N–H and O–H groups in total. The van der Waals surface area contributed by atoms with Crippen molar-refractivity contribution in [3.8, 4) is 0 Å². The molecule has 1 saturated heterocycles. The van der Waals surface area contributed by atoms with Gasteiger partial charge in [0, 0.05) is 18.7 Å². The Kier molecular flexibility index (Phi) is 3.60. The third-order valence-corrected chi connectivity index (χ3v) is 5.07. The molecule has 0 radical (unpaired) electrons. The van der Waals surface area contributed by atoms with Gasteiger partial charge >= 0.3 is 0 Å². The lowest BCUT2D eigenvalue weighted by atomic mass is 10.1. The molecule has 2 amide bonds. The highest BCUT2D eigenvalue weighted by molar-refractivity contribution is 5.84. The van der Waals surface area contributed by atoms with Gasteiger partial charge in [0.1, 0.15) is 0 Å². The second-order valence-corrected chi connectivity index (χ2v) is 6.80. The fourth-order valence-corrected chi connectivity index (χ4v) is 3.48. The molecule has 3 heterocycles. The van der Waals surface area contributed by atoms with Gasteiger partial charge in [-0.2, -0.15) is 5.10 Å². The normalized spacial score (nSPS) is 30.0. The summed E-state index contributed by atoms with van der Waals surface area (Å²) in [6.07, 6.45) is 4.58. The van der Waals surface area contributed by atoms with Crippen molar-refractivity contribution < 1.29 is 14.4 Å². The molecule has 1 aromatic rings. The molecule has 23 heavy (non-hydrogen) atoms. The third-order valence-electron chi connectivity index (χ3n) is 5.07. The van der Waals surface area contributed by atoms with Crippen LogP contribution in [0.25, 0.3) is 0 Å². The fourth-order valence-electron chi connectivity index (χ4n) is 3.48. The summed E-state index contributed by atoms with van der Waals surface area (Å²) < 4.78 is 1.75. The van der Waals surface area contributed by atoms with Gasteiger partial charge in [0.2, 0.25) is 5.91 Å². The van der Waals surface area contributed by atoms with Crippen LogP contribution in [0.1, 0.15) is 37.9 Å². The predicted molar refractivity (Wildman–Crippen MR) is 80.9 cm³/mol. The monoisotopic (exact) mass is 318 g/mol. The number of rotatable bonds is 2. The maximum Gasteiger partial charge on any atom is 0.272 e. The quantitative estimate of drug-likeness (QED) is 0.815. The van der Waals surface area contributed by atoms with Gasteiger partial charge in [-0.15, -0.1) is 0 Å². The Morgan fingerprint density at radius 2 is 2.13 bits per heavy atom. The van der Waals surface area contributed by atoms with Crippen molar-refractivity contribution in [2.45, 2.75) is 38.8 Å². The van der Waals surface area contributed by atoms with Crippen molar-refractivity contribution in [1.29, 1.82) is 0 Å². The first-order chi connectivity index (χ1) is 11.1. The van der Waals surface area contributed by atoms with E-state index in [0.29, 0.717) is 32.2 Å². The maximum absolute atomic E-state index is 12.8. The zero-order valence-corrected chi connectivity index (χ0v) is 13.4. The summed E-state index contributed by atoms with van der Waals surface area (Å²) in [6.45, 7) is 4.20. The molecule has 3 aliphatic rings. The summed E-state index contributed by atoms with van der Waals surface area (Å²) in [5.41, 5.74) is 0.910. The van der Waals surface area contributed by atoms with Crippen molar-refractivity contribution in [3.63, 3.8) is 0 Å². The molecule has 0 bridgehead atoms. The second kappa shape index (κ2) is 5.63. The number of aromatic nitrogens is 2. The molecule has 1 aromatic heterocycles. The van der Waals surface area contributed by atoms with E-state index in [1.54, 1.807) is 10.9 Å². The van der Waals surface area contributed by atoms with Crippen LogP contribution in [0.4, 0.5) is 0 Å². The predicted octanol–water partition coefficient (Wildman–Crippen LogP) is 0.976. The summed E-state index contributed by atoms with van der Waals surface area (Å²) in [4.78, 5) is 32.7. The average molecular weight is 318 g/mol. The van der Waals surface area contributed by atoms with Crippen LogP contribution in [0, 0.1) is 11.8 Å². The molecule has 0 unspecified atom stereocenters. The van der Waals surface area contributed by atoms with E-state index in [-0.39, 0.29) is 17.7 Å². The Bertz CT molecular complexity index is 623. The Hall–Kier alpha value is -1.89. The number of hydrogen-bond acceptors (Lipinski definition) is 4. The van der Waals surface area contributed by atoms with Crippen LogP contribution in [0.15, 0.2) is 12.3 Å². The first-order valence-electron chi connectivity index (χ1n) is 8.40. The molecule has 2 fully saturated rings. The zero-order valence-electron chi connectivity index (χ0n) is 13.4. The van der Waals surface area contributed by atoms with Crippen LogP contribution in [0.2, 0.25) is 0 Å². The highest BCUT2D eigenvalue weighted by Crippen LogP contribution is 2.40. The van der Waals surface area contributed by atoms with Gasteiger partial charge < -0.3 is 4.90 Å². The third kappa shape index (κ3) is 2.63. The first kappa shape index (κ1) is 14.7. The van der Waals surface area contributed by atoms with Gasteiger partial charge in [-0.25, -0.2) is 5.06 Å². The highest BCUT2D eigenvalue weighted by atomic mass is 16.7. The Labute approximate surface area is 135 Å². The van der Waals surface area contributed by atoms with Crippen molar-refractivity contribution >= 4 is 11.8 Å². The summed E-state index contributed by atoms with van der Waals surface area (Å²) in [6, 6.07) is 1.40. The molecule has 3 atom stereocenters. The summed E-state index contributed by atoms with van der Waals surface area (Å²) >= 11 is 0. The van der Waals surface area contributed by atoms with Crippen LogP contribution in [0.5, 0.6) is 0 Å². The number of hydroxylamine groups is 2. The summed E-state index contributed by atoms with van der Waals surface area (Å²) in [5.74, 6) is 0.665. The largest absolute Gasteiger partial charge is 0.334 e. The van der Waals surface area contributed by atoms with Crippen molar-refractivity contribution in [3.05, 3.63) is 18.0 Å². The number of nitrogens with zero attached hydrogens (tertiary/aromatic N) is 4. The van der Waals surface area contributed by atoms with Crippen LogP contribution in [0.3, 0.4) is 0 Å². The van der Waals surface area contributed by atoms with Crippen LogP contribution < -0.4 is 0 Å². The van der Waals surface area contributed by atoms with E-state index in [0.717, 1.165) is 25.0 Å². The minimum atomic E-state index is -0.482. The molecule has 124 valence electrons. The van der Waals surface area contributed by atoms with Crippen molar-refractivity contribution in [2.24, 2.45) is 11.8 Å². The van der Waals surface area contributed by atoms with Crippen molar-refractivity contribution in [2.75, 3.05) is 19.7 Å². The molecular weight excluding hydrogens is 296 g/mol. The number of hydrogen-bond donors (Lipinski definition) is 0. The van der Waals surface area contributed by atoms with Crippen LogP contribution in [-0.2, 0) is 21.0 Å². The molecule has 2 aliphatic heterocycles. The number of amides is 2. The Morgan fingerprint density at radius 1 is 1.30 bits per heavy atom. The lowest BCUT2D eigenvalue weighted by molar-refractivity contribution is -0.201. The van der Waals surface area contributed by atoms with Crippen LogP contribution >= 0.6 is 0 Å². The lowest BCUT2D eigenvalue weighted by Gasteiger charge is -2.36. The highest BCUT2D eigenvalue weighted by Gasteiger charge is 2.44. The molecule has 1 aliphatic carbocycles. The molecule has 7 heteroatoms. The average Bonchev–Trinajstić information content (AvgIpc) is 3.12. The molecule has 7 nitrogen and oxygen atoms in total. The van der Waals surface area contributed by atoms with Gasteiger partial charge in [0.05, 0.1) is 25.4 Å². The standard InChI is InChI=1S/C16H22N4O3/c1-11-8-13(11)15(21)18-9-12-4-5-17-20(12)14(10-18)16(22)19-6-2-3-7-23-19/h4-5,11,13-14H,2-3,6-10H2,1H3/t11-,13+,14-/m1/s1. The fraction of sp³-hybridized carbons (Fsp3) is 0.688. The Balaban J connectivity index is 1.55. The SMILES string of the molecule is C[C@@H]1C[C@@H]1C(=O)N1Cc2ccnn2[C@@H](C(=O)N2CCCCO2)C1. The van der Waals surface area contributed by atoms with E-state index in [2.05, 4.69) is 12.0 Å². The van der Waals surface area contributed by atoms with E-state index in [4.69, 9.17) is 4.84 Å². The lowest BCUT2D eigenvalue weighted by Crippen LogP contribution is -2.49. The summed E-state index contributed by atoms with van der Waals surface area (Å²) in [5, 5.41) is 5.75. The number of carbonyl (C=O) groups is 2. The van der Waals surface area contributed by atoms with E-state index in [1.807, 2.05) is 11.0 Å².